The molecule has 4 N–H and O–H groups in total. The van der Waals surface area contributed by atoms with Crippen LogP contribution in [0.2, 0.25) is 0 Å². The Kier molecular flexibility index (Phi) is 4.33. The number of hydrogen-bond acceptors (Lipinski definition) is 6. The van der Waals surface area contributed by atoms with Crippen molar-refractivity contribution in [2.45, 2.75) is 18.7 Å². The molecule has 0 saturated heterocycles. The molecule has 1 aromatic heterocycles. The number of benzene rings is 1. The van der Waals surface area contributed by atoms with E-state index < -0.39 is 10.0 Å². The number of nitrogens with one attached hydrogen (secondary N) is 2. The van der Waals surface area contributed by atoms with Gasteiger partial charge < -0.3 is 5.43 Å². The van der Waals surface area contributed by atoms with Crippen molar-refractivity contribution < 1.29 is 8.42 Å². The maximum atomic E-state index is 12.4. The third-order valence-corrected chi connectivity index (χ3v) is 5.76. The molecule has 1 heterocycles. The second kappa shape index (κ2) is 5.68. The van der Waals surface area contributed by atoms with E-state index in [4.69, 9.17) is 5.84 Å². The van der Waals surface area contributed by atoms with Crippen LogP contribution in [0.25, 0.3) is 0 Å². The maximum Gasteiger partial charge on any atom is 0.264 e. The van der Waals surface area contributed by atoms with Crippen LogP contribution in [0.4, 0.5) is 10.8 Å². The van der Waals surface area contributed by atoms with Gasteiger partial charge in [0, 0.05) is 5.69 Å². The molecule has 108 valence electrons. The summed E-state index contributed by atoms with van der Waals surface area (Å²) < 4.78 is 28.1. The fourth-order valence-electron chi connectivity index (χ4n) is 1.93. The molecule has 0 unspecified atom stereocenters. The number of aryl methyl sites for hydroxylation is 2. The summed E-state index contributed by atoms with van der Waals surface area (Å²) in [6.45, 7) is 3.44. The first-order valence-corrected chi connectivity index (χ1v) is 8.65. The van der Waals surface area contributed by atoms with Gasteiger partial charge in [0.1, 0.15) is 0 Å². The van der Waals surface area contributed by atoms with Gasteiger partial charge in [-0.05, 0) is 53.0 Å². The number of hydrazine groups is 1. The lowest BCUT2D eigenvalue weighted by molar-refractivity contribution is 0.600. The van der Waals surface area contributed by atoms with Gasteiger partial charge in [0.05, 0.1) is 14.9 Å². The Hall–Kier alpha value is -1.16. The highest BCUT2D eigenvalue weighted by Gasteiger charge is 2.21. The van der Waals surface area contributed by atoms with Crippen molar-refractivity contribution in [3.63, 3.8) is 0 Å². The first-order valence-electron chi connectivity index (χ1n) is 5.55. The van der Waals surface area contributed by atoms with Gasteiger partial charge in [0.2, 0.25) is 0 Å². The van der Waals surface area contributed by atoms with E-state index >= 15 is 0 Å². The highest BCUT2D eigenvalue weighted by molar-refractivity contribution is 9.11. The zero-order chi connectivity index (χ0) is 14.9. The van der Waals surface area contributed by atoms with Crippen LogP contribution >= 0.6 is 27.3 Å². The van der Waals surface area contributed by atoms with Crippen LogP contribution in [0, 0.1) is 13.8 Å². The number of aromatic nitrogens is 1. The van der Waals surface area contributed by atoms with Crippen LogP contribution in [-0.2, 0) is 10.0 Å². The Labute approximate surface area is 129 Å². The van der Waals surface area contributed by atoms with Crippen LogP contribution in [-0.4, -0.2) is 13.4 Å². The molecular formula is C11H13BrN4O2S2. The largest absolute Gasteiger partial charge is 0.324 e. The van der Waals surface area contributed by atoms with Gasteiger partial charge >= 0.3 is 0 Å². The molecule has 0 saturated carbocycles. The average Bonchev–Trinajstić information content (AvgIpc) is 2.72. The third-order valence-electron chi connectivity index (χ3n) is 2.59. The lowest BCUT2D eigenvalue weighted by Crippen LogP contribution is -2.16. The minimum atomic E-state index is -3.68. The molecule has 0 spiro atoms. The Morgan fingerprint density at radius 3 is 2.35 bits per heavy atom. The van der Waals surface area contributed by atoms with Crippen LogP contribution in [0.15, 0.2) is 27.0 Å². The van der Waals surface area contributed by atoms with Crippen LogP contribution < -0.4 is 16.0 Å². The second-order valence-electron chi connectivity index (χ2n) is 4.16. The molecule has 0 fully saturated rings. The minimum Gasteiger partial charge on any atom is -0.324 e. The average molecular weight is 377 g/mol. The monoisotopic (exact) mass is 376 g/mol. The lowest BCUT2D eigenvalue weighted by atomic mass is 10.1. The molecule has 0 radical (unpaired) electrons. The molecule has 9 heteroatoms. The van der Waals surface area contributed by atoms with Gasteiger partial charge in [-0.25, -0.2) is 13.4 Å². The summed E-state index contributed by atoms with van der Waals surface area (Å²) in [5.41, 5.74) is 4.40. The summed E-state index contributed by atoms with van der Waals surface area (Å²) in [5, 5.41) is 0.316. The van der Waals surface area contributed by atoms with Gasteiger partial charge in [-0.2, -0.15) is 0 Å². The van der Waals surface area contributed by atoms with Crippen LogP contribution in [0.3, 0.4) is 0 Å². The molecule has 0 aliphatic carbocycles. The molecule has 0 amide bonds. The highest BCUT2D eigenvalue weighted by Crippen LogP contribution is 2.29. The maximum absolute atomic E-state index is 12.4. The smallest absolute Gasteiger partial charge is 0.264 e. The van der Waals surface area contributed by atoms with E-state index in [0.717, 1.165) is 3.79 Å². The van der Waals surface area contributed by atoms with Crippen molar-refractivity contribution >= 4 is 48.1 Å². The Morgan fingerprint density at radius 1 is 1.30 bits per heavy atom. The van der Waals surface area contributed by atoms with E-state index in [-0.39, 0.29) is 4.90 Å². The summed E-state index contributed by atoms with van der Waals surface area (Å²) in [4.78, 5) is 4.21. The number of thiazole rings is 1. The Balaban J connectivity index is 2.44. The fourth-order valence-corrected chi connectivity index (χ4v) is 4.73. The molecule has 2 aromatic rings. The molecular weight excluding hydrogens is 364 g/mol. The summed E-state index contributed by atoms with van der Waals surface area (Å²) in [5.74, 6) is 5.34. The predicted octanol–water partition coefficient (Wildman–Crippen LogP) is 2.61. The number of rotatable bonds is 4. The van der Waals surface area contributed by atoms with Gasteiger partial charge in [-0.3, -0.25) is 10.6 Å². The first-order chi connectivity index (χ1) is 9.33. The van der Waals surface area contributed by atoms with E-state index in [9.17, 15) is 8.42 Å². The number of nitrogens with two attached hydrogens (primary N) is 1. The predicted molar refractivity (Wildman–Crippen MR) is 84.3 cm³/mol. The number of hydrogen-bond donors (Lipinski definition) is 3. The van der Waals surface area contributed by atoms with Crippen LogP contribution in [0.5, 0.6) is 0 Å². The molecule has 6 nitrogen and oxygen atoms in total. The first kappa shape index (κ1) is 15.2. The summed E-state index contributed by atoms with van der Waals surface area (Å²) in [6.07, 6.45) is 1.55. The lowest BCUT2D eigenvalue weighted by Gasteiger charge is -2.13. The number of nitrogen functional groups attached to an aromatic ring is 1. The van der Waals surface area contributed by atoms with Crippen LogP contribution in [0.1, 0.15) is 11.1 Å². The standard InChI is InChI=1S/C11H13BrN4O2S2/c1-6-3-8(15-13)4-7(2)10(6)20(17,18)16-11-14-5-9(12)19-11/h3-5,15H,13H2,1-2H3,(H,14,16). The number of halogens is 1. The SMILES string of the molecule is Cc1cc(NN)cc(C)c1S(=O)(=O)Nc1ncc(Br)s1. The minimum absolute atomic E-state index is 0.239. The van der Waals surface area contributed by atoms with Gasteiger partial charge in [0.25, 0.3) is 10.0 Å². The molecule has 0 aliphatic rings. The van der Waals surface area contributed by atoms with Gasteiger partial charge in [0.15, 0.2) is 5.13 Å². The molecule has 0 aliphatic heterocycles. The van der Waals surface area contributed by atoms with Gasteiger partial charge in [-0.1, -0.05) is 11.3 Å². The normalized spacial score (nSPS) is 11.4. The van der Waals surface area contributed by atoms with E-state index in [1.807, 2.05) is 0 Å². The number of sulfonamides is 1. The molecule has 20 heavy (non-hydrogen) atoms. The van der Waals surface area contributed by atoms with E-state index in [1.54, 1.807) is 32.2 Å². The second-order valence-corrected chi connectivity index (χ2v) is 8.19. The van der Waals surface area contributed by atoms with Gasteiger partial charge in [-0.15, -0.1) is 0 Å². The van der Waals surface area contributed by atoms with Crippen molar-refractivity contribution in [1.29, 1.82) is 0 Å². The number of nitrogens with zero attached hydrogens (tertiary/aromatic N) is 1. The van der Waals surface area contributed by atoms with E-state index in [0.29, 0.717) is 21.9 Å². The van der Waals surface area contributed by atoms with Crippen molar-refractivity contribution in [1.82, 2.24) is 4.98 Å². The number of anilines is 2. The van der Waals surface area contributed by atoms with Crippen molar-refractivity contribution in [3.8, 4) is 0 Å². The van der Waals surface area contributed by atoms with Crippen molar-refractivity contribution in [2.24, 2.45) is 5.84 Å². The zero-order valence-corrected chi connectivity index (χ0v) is 14.0. The molecule has 0 atom stereocenters. The van der Waals surface area contributed by atoms with E-state index in [1.165, 1.54) is 11.3 Å². The summed E-state index contributed by atoms with van der Waals surface area (Å²) in [6, 6.07) is 3.36. The Morgan fingerprint density at radius 2 is 1.90 bits per heavy atom. The van der Waals surface area contributed by atoms with E-state index in [2.05, 4.69) is 31.1 Å². The molecule has 1 aromatic carbocycles. The topological polar surface area (TPSA) is 97.1 Å². The fraction of sp³-hybridized carbons (Fsp3) is 0.182. The molecule has 0 bridgehead atoms. The Bertz CT molecular complexity index is 720. The quantitative estimate of drug-likeness (QED) is 0.562. The molecule has 2 rings (SSSR count). The third kappa shape index (κ3) is 3.11. The van der Waals surface area contributed by atoms with Crippen molar-refractivity contribution in [2.75, 3.05) is 10.1 Å². The highest BCUT2D eigenvalue weighted by atomic mass is 79.9. The van der Waals surface area contributed by atoms with Crippen molar-refractivity contribution in [3.05, 3.63) is 33.2 Å². The summed E-state index contributed by atoms with van der Waals surface area (Å²) in [7, 11) is -3.68. The summed E-state index contributed by atoms with van der Waals surface area (Å²) >= 11 is 4.45. The zero-order valence-electron chi connectivity index (χ0n) is 10.8.